The number of carbonyl (C=O) groups excluding carboxylic acids is 2. The molecule has 2 amide bonds. The number of aromatic nitrogens is 1. The van der Waals surface area contributed by atoms with Gasteiger partial charge in [-0.05, 0) is 63.9 Å². The molecule has 4 rings (SSSR count). The normalized spacial score (nSPS) is 18.6. The Balaban J connectivity index is 1.65. The van der Waals surface area contributed by atoms with E-state index >= 15 is 0 Å². The molecule has 3 atom stereocenters. The summed E-state index contributed by atoms with van der Waals surface area (Å²) in [5.74, 6) is 0.171. The van der Waals surface area contributed by atoms with Crippen LogP contribution in [0.2, 0.25) is 0 Å². The van der Waals surface area contributed by atoms with Crippen LogP contribution in [-0.2, 0) is 22.6 Å². The molecule has 1 aliphatic carbocycles. The number of hydrogen-bond donors (Lipinski definition) is 5. The van der Waals surface area contributed by atoms with E-state index in [1.165, 1.54) is 7.11 Å². The van der Waals surface area contributed by atoms with Crippen molar-refractivity contribution in [2.45, 2.75) is 51.0 Å². The lowest BCUT2D eigenvalue weighted by Crippen LogP contribution is -2.55. The lowest BCUT2D eigenvalue weighted by atomic mass is 9.87. The fourth-order valence-electron chi connectivity index (χ4n) is 5.08. The topological polar surface area (TPSA) is 144 Å². The van der Waals surface area contributed by atoms with Gasteiger partial charge in [0.05, 0.1) is 29.9 Å². The minimum atomic E-state index is -1.15. The van der Waals surface area contributed by atoms with Gasteiger partial charge < -0.3 is 40.0 Å². The SMILES string of the molecule is CCC(=O)N(CCc1cc2ccccc2[nH]1)C1CC(C(=O)NCCO)=CC(Oc2c(I)cc(CO)cc2OC)C1O. The first-order valence-electron chi connectivity index (χ1n) is 13.6. The first kappa shape index (κ1) is 30.8. The summed E-state index contributed by atoms with van der Waals surface area (Å²) in [4.78, 5) is 31.3. The highest BCUT2D eigenvalue weighted by molar-refractivity contribution is 14.1. The molecule has 0 aliphatic heterocycles. The average molecular weight is 678 g/mol. The second kappa shape index (κ2) is 14.2. The third kappa shape index (κ3) is 7.21. The Morgan fingerprint density at radius 2 is 1.98 bits per heavy atom. The molecule has 3 unspecified atom stereocenters. The zero-order valence-corrected chi connectivity index (χ0v) is 25.3. The van der Waals surface area contributed by atoms with E-state index in [1.54, 1.807) is 30.0 Å². The van der Waals surface area contributed by atoms with Gasteiger partial charge in [0, 0.05) is 49.1 Å². The van der Waals surface area contributed by atoms with Crippen LogP contribution in [0.15, 0.2) is 54.1 Å². The molecule has 10 nitrogen and oxygen atoms in total. The Kier molecular flexibility index (Phi) is 10.6. The highest BCUT2D eigenvalue weighted by Gasteiger charge is 2.40. The van der Waals surface area contributed by atoms with Gasteiger partial charge in [-0.25, -0.2) is 0 Å². The molecule has 1 aromatic heterocycles. The lowest BCUT2D eigenvalue weighted by Gasteiger charge is -2.40. The Morgan fingerprint density at radius 1 is 1.20 bits per heavy atom. The first-order valence-corrected chi connectivity index (χ1v) is 14.6. The number of carbonyl (C=O) groups is 2. The maximum Gasteiger partial charge on any atom is 0.247 e. The summed E-state index contributed by atoms with van der Waals surface area (Å²) >= 11 is 2.07. The van der Waals surface area contributed by atoms with Crippen LogP contribution in [0, 0.1) is 3.57 Å². The number of aliphatic hydroxyl groups is 3. The molecule has 0 spiro atoms. The van der Waals surface area contributed by atoms with Crippen molar-refractivity contribution in [3.05, 3.63) is 68.9 Å². The molecule has 5 N–H and O–H groups in total. The van der Waals surface area contributed by atoms with Crippen molar-refractivity contribution in [3.63, 3.8) is 0 Å². The van der Waals surface area contributed by atoms with E-state index in [0.29, 0.717) is 39.2 Å². The van der Waals surface area contributed by atoms with Crippen LogP contribution in [0.1, 0.15) is 31.0 Å². The van der Waals surface area contributed by atoms with Gasteiger partial charge in [-0.1, -0.05) is 25.1 Å². The van der Waals surface area contributed by atoms with Crippen LogP contribution in [-0.4, -0.2) is 82.1 Å². The van der Waals surface area contributed by atoms with E-state index in [-0.39, 0.29) is 38.5 Å². The van der Waals surface area contributed by atoms with Gasteiger partial charge in [0.25, 0.3) is 0 Å². The molecule has 3 aromatic rings. The van der Waals surface area contributed by atoms with Gasteiger partial charge in [0.15, 0.2) is 11.5 Å². The maximum atomic E-state index is 13.3. The van der Waals surface area contributed by atoms with Crippen LogP contribution >= 0.6 is 22.6 Å². The van der Waals surface area contributed by atoms with Gasteiger partial charge in [-0.3, -0.25) is 9.59 Å². The highest BCUT2D eigenvalue weighted by Crippen LogP contribution is 2.37. The predicted molar refractivity (Wildman–Crippen MR) is 163 cm³/mol. The quantitative estimate of drug-likeness (QED) is 0.186. The van der Waals surface area contributed by atoms with Crippen molar-refractivity contribution in [3.8, 4) is 11.5 Å². The van der Waals surface area contributed by atoms with E-state index in [9.17, 15) is 24.9 Å². The lowest BCUT2D eigenvalue weighted by molar-refractivity contribution is -0.138. The molecule has 220 valence electrons. The molecule has 0 fully saturated rings. The van der Waals surface area contributed by atoms with Crippen molar-refractivity contribution in [2.75, 3.05) is 26.8 Å². The highest BCUT2D eigenvalue weighted by atomic mass is 127. The molecule has 41 heavy (non-hydrogen) atoms. The Labute approximate surface area is 252 Å². The number of aliphatic hydroxyl groups excluding tert-OH is 3. The van der Waals surface area contributed by atoms with Gasteiger partial charge in [0.1, 0.15) is 12.2 Å². The Bertz CT molecular complexity index is 1370. The van der Waals surface area contributed by atoms with Crippen LogP contribution in [0.25, 0.3) is 10.9 Å². The molecule has 0 saturated carbocycles. The third-order valence-corrected chi connectivity index (χ3v) is 7.97. The number of rotatable bonds is 12. The molecule has 1 heterocycles. The van der Waals surface area contributed by atoms with Crippen molar-refractivity contribution < 1.29 is 34.4 Å². The number of benzene rings is 2. The number of nitrogens with zero attached hydrogens (tertiary/aromatic N) is 1. The largest absolute Gasteiger partial charge is 0.493 e. The molecule has 0 saturated heterocycles. The number of aromatic amines is 1. The minimum absolute atomic E-state index is 0.0707. The minimum Gasteiger partial charge on any atom is -0.493 e. The zero-order chi connectivity index (χ0) is 29.5. The smallest absolute Gasteiger partial charge is 0.247 e. The standard InChI is InChI=1S/C30H36IN3O7/c1-3-27(37)34(10-8-21-14-19-6-4-5-7-23(19)33-21)24-15-20(30(39)32-9-11-35)16-25(28(24)38)41-29-22(31)12-18(17-36)13-26(29)40-2/h4-7,12-14,16,24-25,28,33,35-36,38H,3,8-11,15,17H2,1-2H3,(H,32,39). The van der Waals surface area contributed by atoms with E-state index in [0.717, 1.165) is 16.6 Å². The Morgan fingerprint density at radius 3 is 2.66 bits per heavy atom. The van der Waals surface area contributed by atoms with Crippen LogP contribution < -0.4 is 14.8 Å². The zero-order valence-electron chi connectivity index (χ0n) is 23.1. The summed E-state index contributed by atoms with van der Waals surface area (Å²) < 4.78 is 12.4. The number of H-pyrrole nitrogens is 1. The van der Waals surface area contributed by atoms with E-state index in [2.05, 4.69) is 32.9 Å². The number of amides is 2. The number of fused-ring (bicyclic) bond motifs is 1. The van der Waals surface area contributed by atoms with Crippen molar-refractivity contribution in [2.24, 2.45) is 0 Å². The monoisotopic (exact) mass is 677 g/mol. The second-order valence-electron chi connectivity index (χ2n) is 9.86. The average Bonchev–Trinajstić information content (AvgIpc) is 3.41. The van der Waals surface area contributed by atoms with Crippen molar-refractivity contribution >= 4 is 45.3 Å². The van der Waals surface area contributed by atoms with Crippen molar-refractivity contribution in [1.29, 1.82) is 0 Å². The van der Waals surface area contributed by atoms with Gasteiger partial charge in [0.2, 0.25) is 11.8 Å². The predicted octanol–water partition coefficient (Wildman–Crippen LogP) is 2.67. The number of ether oxygens (including phenoxy) is 2. The van der Waals surface area contributed by atoms with Gasteiger partial charge in [-0.2, -0.15) is 0 Å². The number of nitrogens with one attached hydrogen (secondary N) is 2. The first-order chi connectivity index (χ1) is 19.8. The summed E-state index contributed by atoms with van der Waals surface area (Å²) in [5, 5.41) is 34.2. The summed E-state index contributed by atoms with van der Waals surface area (Å²) in [6, 6.07) is 12.6. The summed E-state index contributed by atoms with van der Waals surface area (Å²) in [7, 11) is 1.48. The third-order valence-electron chi connectivity index (χ3n) is 7.17. The number of halogens is 1. The maximum absolute atomic E-state index is 13.3. The van der Waals surface area contributed by atoms with Gasteiger partial charge >= 0.3 is 0 Å². The van der Waals surface area contributed by atoms with Crippen LogP contribution in [0.3, 0.4) is 0 Å². The van der Waals surface area contributed by atoms with E-state index in [1.807, 2.05) is 30.3 Å². The summed E-state index contributed by atoms with van der Waals surface area (Å²) in [6.45, 7) is 1.76. The summed E-state index contributed by atoms with van der Waals surface area (Å²) in [5.41, 5.74) is 2.94. The number of hydrogen-bond acceptors (Lipinski definition) is 7. The number of methoxy groups -OCH3 is 1. The van der Waals surface area contributed by atoms with E-state index < -0.39 is 24.2 Å². The molecule has 0 radical (unpaired) electrons. The van der Waals surface area contributed by atoms with Crippen LogP contribution in [0.4, 0.5) is 0 Å². The Hall–Kier alpha value is -3.13. The van der Waals surface area contributed by atoms with Gasteiger partial charge in [-0.15, -0.1) is 0 Å². The number of para-hydroxylation sites is 1. The second-order valence-corrected chi connectivity index (χ2v) is 11.0. The van der Waals surface area contributed by atoms with E-state index in [4.69, 9.17) is 9.47 Å². The molecular formula is C30H36IN3O7. The fraction of sp³-hybridized carbons (Fsp3) is 0.400. The van der Waals surface area contributed by atoms with Crippen LogP contribution in [0.5, 0.6) is 11.5 Å². The molecule has 2 aromatic carbocycles. The molecule has 11 heteroatoms. The molecule has 0 bridgehead atoms. The molecule has 1 aliphatic rings. The molecular weight excluding hydrogens is 641 g/mol. The fourth-order valence-corrected chi connectivity index (χ4v) is 5.88. The van der Waals surface area contributed by atoms with Crippen molar-refractivity contribution in [1.82, 2.24) is 15.2 Å². The summed E-state index contributed by atoms with van der Waals surface area (Å²) in [6.07, 6.45) is 0.307.